The number of hydrogen-bond donors (Lipinski definition) is 3. The van der Waals surface area contributed by atoms with Crippen LogP contribution in [0.25, 0.3) is 0 Å². The van der Waals surface area contributed by atoms with Gasteiger partial charge in [0.05, 0.1) is 0 Å². The topological polar surface area (TPSA) is 78.1 Å². The first-order chi connectivity index (χ1) is 8.83. The lowest BCUT2D eigenvalue weighted by atomic mass is 10.1. The molecule has 112 valence electrons. The highest BCUT2D eigenvalue weighted by Crippen LogP contribution is 2.09. The minimum atomic E-state index is 0.719. The van der Waals surface area contributed by atoms with E-state index in [1.165, 1.54) is 64.2 Å². The third-order valence-electron chi connectivity index (χ3n) is 2.97. The van der Waals surface area contributed by atoms with Gasteiger partial charge < -0.3 is 17.2 Å². The standard InChI is InChI=1S/C12H27N.C3H10N2/c1-2-3-4-5-6-7-8-9-10-11-12-13;4-2-1-3-5/h2-13H2,1H3;1-5H2. The molecule has 0 aromatic carbocycles. The quantitative estimate of drug-likeness (QED) is 0.471. The molecular weight excluding hydrogens is 222 g/mol. The molecule has 6 N–H and O–H groups in total. The van der Waals surface area contributed by atoms with E-state index >= 15 is 0 Å². The van der Waals surface area contributed by atoms with E-state index in [1.54, 1.807) is 0 Å². The summed E-state index contributed by atoms with van der Waals surface area (Å²) in [6.45, 7) is 4.58. The lowest BCUT2D eigenvalue weighted by molar-refractivity contribution is 0.558. The summed E-state index contributed by atoms with van der Waals surface area (Å²) >= 11 is 0. The Morgan fingerprint density at radius 2 is 0.778 bits per heavy atom. The minimum absolute atomic E-state index is 0.719. The van der Waals surface area contributed by atoms with Gasteiger partial charge in [0.25, 0.3) is 0 Å². The lowest BCUT2D eigenvalue weighted by Gasteiger charge is -2.00. The first-order valence-corrected chi connectivity index (χ1v) is 7.93. The summed E-state index contributed by atoms with van der Waals surface area (Å²) in [6.07, 6.45) is 14.9. The van der Waals surface area contributed by atoms with Gasteiger partial charge in [-0.05, 0) is 32.5 Å². The molecule has 0 saturated heterocycles. The van der Waals surface area contributed by atoms with Gasteiger partial charge in [0, 0.05) is 0 Å². The summed E-state index contributed by atoms with van der Waals surface area (Å²) in [7, 11) is 0. The zero-order valence-electron chi connectivity index (χ0n) is 12.6. The number of nitrogens with two attached hydrogens (primary N) is 3. The van der Waals surface area contributed by atoms with Crippen molar-refractivity contribution in [1.82, 2.24) is 0 Å². The van der Waals surface area contributed by atoms with Crippen LogP contribution in [-0.2, 0) is 0 Å². The molecule has 3 nitrogen and oxygen atoms in total. The maximum absolute atomic E-state index is 5.42. The SMILES string of the molecule is CCCCCCCCCCCCN.NCCCN. The molecule has 0 aliphatic rings. The van der Waals surface area contributed by atoms with Crippen LogP contribution in [0, 0.1) is 0 Å². The average Bonchev–Trinajstić information content (AvgIpc) is 2.39. The van der Waals surface area contributed by atoms with Crippen molar-refractivity contribution in [3.63, 3.8) is 0 Å². The summed E-state index contributed by atoms with van der Waals surface area (Å²) in [5, 5.41) is 0. The van der Waals surface area contributed by atoms with Crippen LogP contribution in [0.2, 0.25) is 0 Å². The van der Waals surface area contributed by atoms with Crippen molar-refractivity contribution < 1.29 is 0 Å². The van der Waals surface area contributed by atoms with Crippen LogP contribution in [-0.4, -0.2) is 19.6 Å². The van der Waals surface area contributed by atoms with E-state index in [9.17, 15) is 0 Å². The Bertz CT molecular complexity index is 106. The van der Waals surface area contributed by atoms with E-state index < -0.39 is 0 Å². The Hall–Kier alpha value is -0.120. The highest BCUT2D eigenvalue weighted by atomic mass is 14.6. The Morgan fingerprint density at radius 1 is 0.444 bits per heavy atom. The smallest absolute Gasteiger partial charge is 0.00653 e. The molecule has 0 aliphatic heterocycles. The van der Waals surface area contributed by atoms with E-state index in [1.807, 2.05) is 0 Å². The first-order valence-electron chi connectivity index (χ1n) is 7.93. The van der Waals surface area contributed by atoms with Crippen LogP contribution in [0.4, 0.5) is 0 Å². The summed E-state index contributed by atoms with van der Waals surface area (Å²) in [6, 6.07) is 0. The van der Waals surface area contributed by atoms with Gasteiger partial charge in [-0.2, -0.15) is 0 Å². The maximum atomic E-state index is 5.42. The molecule has 0 radical (unpaired) electrons. The van der Waals surface area contributed by atoms with Gasteiger partial charge in [-0.15, -0.1) is 0 Å². The molecule has 0 amide bonds. The third kappa shape index (κ3) is 24.9. The lowest BCUT2D eigenvalue weighted by Crippen LogP contribution is -2.06. The summed E-state index contributed by atoms with van der Waals surface area (Å²) in [5.74, 6) is 0. The molecule has 0 rings (SSSR count). The van der Waals surface area contributed by atoms with E-state index in [0.717, 1.165) is 26.1 Å². The fraction of sp³-hybridized carbons (Fsp3) is 1.00. The van der Waals surface area contributed by atoms with Crippen molar-refractivity contribution in [2.75, 3.05) is 19.6 Å². The third-order valence-corrected chi connectivity index (χ3v) is 2.97. The number of rotatable bonds is 12. The molecule has 0 aromatic rings. The molecule has 0 spiro atoms. The van der Waals surface area contributed by atoms with Crippen LogP contribution in [0.5, 0.6) is 0 Å². The Labute approximate surface area is 115 Å². The predicted octanol–water partition coefficient (Wildman–Crippen LogP) is 3.16. The molecule has 0 unspecified atom stereocenters. The van der Waals surface area contributed by atoms with Crippen molar-refractivity contribution >= 4 is 0 Å². The van der Waals surface area contributed by atoms with E-state index in [2.05, 4.69) is 6.92 Å². The average molecular weight is 259 g/mol. The zero-order chi connectivity index (χ0) is 13.9. The second-order valence-electron chi connectivity index (χ2n) is 4.90. The van der Waals surface area contributed by atoms with Crippen molar-refractivity contribution in [2.45, 2.75) is 77.6 Å². The van der Waals surface area contributed by atoms with Crippen molar-refractivity contribution in [3.05, 3.63) is 0 Å². The van der Waals surface area contributed by atoms with Crippen LogP contribution in [0.3, 0.4) is 0 Å². The van der Waals surface area contributed by atoms with Crippen LogP contribution in [0.1, 0.15) is 77.6 Å². The normalized spacial score (nSPS) is 10.0. The van der Waals surface area contributed by atoms with Crippen molar-refractivity contribution in [1.29, 1.82) is 0 Å². The van der Waals surface area contributed by atoms with Gasteiger partial charge in [0.1, 0.15) is 0 Å². The van der Waals surface area contributed by atoms with E-state index in [0.29, 0.717) is 0 Å². The van der Waals surface area contributed by atoms with Crippen LogP contribution < -0.4 is 17.2 Å². The van der Waals surface area contributed by atoms with Crippen molar-refractivity contribution in [3.8, 4) is 0 Å². The molecule has 0 aliphatic carbocycles. The molecule has 0 fully saturated rings. The molecular formula is C15H37N3. The van der Waals surface area contributed by atoms with E-state index in [4.69, 9.17) is 17.2 Å². The van der Waals surface area contributed by atoms with Gasteiger partial charge in [0.15, 0.2) is 0 Å². The van der Waals surface area contributed by atoms with Gasteiger partial charge in [-0.25, -0.2) is 0 Å². The Balaban J connectivity index is 0. The Morgan fingerprint density at radius 3 is 1.06 bits per heavy atom. The monoisotopic (exact) mass is 259 g/mol. The first kappa shape index (κ1) is 20.2. The second kappa shape index (κ2) is 22.1. The molecule has 0 aromatic heterocycles. The molecule has 0 atom stereocenters. The molecule has 0 bridgehead atoms. The molecule has 3 heteroatoms. The maximum Gasteiger partial charge on any atom is -0.00653 e. The summed E-state index contributed by atoms with van der Waals surface area (Å²) in [4.78, 5) is 0. The Kier molecular flexibility index (Phi) is 24.8. The highest BCUT2D eigenvalue weighted by Gasteiger charge is 1.91. The van der Waals surface area contributed by atoms with Gasteiger partial charge in [-0.3, -0.25) is 0 Å². The highest BCUT2D eigenvalue weighted by molar-refractivity contribution is 4.47. The fourth-order valence-corrected chi connectivity index (χ4v) is 1.75. The molecule has 18 heavy (non-hydrogen) atoms. The van der Waals surface area contributed by atoms with Crippen LogP contribution >= 0.6 is 0 Å². The molecule has 0 saturated carbocycles. The zero-order valence-corrected chi connectivity index (χ0v) is 12.6. The fourth-order valence-electron chi connectivity index (χ4n) is 1.75. The summed E-state index contributed by atoms with van der Waals surface area (Å²) in [5.41, 5.74) is 15.5. The van der Waals surface area contributed by atoms with Gasteiger partial charge in [0.2, 0.25) is 0 Å². The summed E-state index contributed by atoms with van der Waals surface area (Å²) < 4.78 is 0. The predicted molar refractivity (Wildman–Crippen MR) is 83.6 cm³/mol. The van der Waals surface area contributed by atoms with Gasteiger partial charge >= 0.3 is 0 Å². The second-order valence-corrected chi connectivity index (χ2v) is 4.90. The molecule has 0 heterocycles. The largest absolute Gasteiger partial charge is 0.330 e. The number of unbranched alkanes of at least 4 members (excludes halogenated alkanes) is 9. The van der Waals surface area contributed by atoms with Crippen LogP contribution in [0.15, 0.2) is 0 Å². The van der Waals surface area contributed by atoms with E-state index in [-0.39, 0.29) is 0 Å². The minimum Gasteiger partial charge on any atom is -0.330 e. The number of hydrogen-bond acceptors (Lipinski definition) is 3. The van der Waals surface area contributed by atoms with Crippen molar-refractivity contribution in [2.24, 2.45) is 17.2 Å². The van der Waals surface area contributed by atoms with Gasteiger partial charge in [-0.1, -0.05) is 64.7 Å².